The number of benzene rings is 2. The third kappa shape index (κ3) is 8.57. The van der Waals surface area contributed by atoms with Gasteiger partial charge in [-0.15, -0.1) is 0 Å². The number of hydrogen-bond donors (Lipinski definition) is 3. The van der Waals surface area contributed by atoms with Crippen LogP contribution >= 0.6 is 0 Å². The van der Waals surface area contributed by atoms with Crippen LogP contribution in [0.3, 0.4) is 0 Å². The van der Waals surface area contributed by atoms with E-state index in [-0.39, 0.29) is 36.4 Å². The molecule has 33 heavy (non-hydrogen) atoms. The lowest BCUT2D eigenvalue weighted by atomic mass is 10.1. The van der Waals surface area contributed by atoms with Crippen molar-refractivity contribution in [2.75, 3.05) is 19.8 Å². The lowest BCUT2D eigenvalue weighted by Crippen LogP contribution is -2.36. The first kappa shape index (κ1) is 25.9. The summed E-state index contributed by atoms with van der Waals surface area (Å²) in [4.78, 5) is 25.2. The van der Waals surface area contributed by atoms with Gasteiger partial charge in [0, 0.05) is 12.6 Å². The number of ether oxygens (including phenoxy) is 2. The molecule has 3 N–H and O–H groups in total. The van der Waals surface area contributed by atoms with Crippen LogP contribution in [0.15, 0.2) is 48.2 Å². The van der Waals surface area contributed by atoms with Crippen molar-refractivity contribution in [1.29, 1.82) is 0 Å². The fourth-order valence-electron chi connectivity index (χ4n) is 2.73. The molecule has 178 valence electrons. The smallest absolute Gasteiger partial charge is 0.267 e. The molecule has 2 amide bonds. The third-order valence-corrected chi connectivity index (χ3v) is 4.22. The summed E-state index contributed by atoms with van der Waals surface area (Å²) in [6.07, 6.45) is 1.48. The van der Waals surface area contributed by atoms with Crippen LogP contribution in [0.4, 0.5) is 4.39 Å². The molecule has 0 atom stereocenters. The van der Waals surface area contributed by atoms with E-state index in [1.165, 1.54) is 18.2 Å². The zero-order chi connectivity index (χ0) is 24.4. The maximum Gasteiger partial charge on any atom is 0.267 e. The second kappa shape index (κ2) is 12.6. The Hall–Kier alpha value is -3.39. The van der Waals surface area contributed by atoms with Gasteiger partial charge in [0.15, 0.2) is 0 Å². The molecule has 0 fully saturated rings. The Morgan fingerprint density at radius 1 is 1.06 bits per heavy atom. The zero-order valence-corrected chi connectivity index (χ0v) is 19.4. The third-order valence-electron chi connectivity index (χ3n) is 4.22. The number of nitrogens with one attached hydrogen (secondary N) is 2. The summed E-state index contributed by atoms with van der Waals surface area (Å²) in [7, 11) is 0. The fourth-order valence-corrected chi connectivity index (χ4v) is 2.73. The molecule has 2 rings (SSSR count). The molecule has 0 unspecified atom stereocenters. The van der Waals surface area contributed by atoms with E-state index in [2.05, 4.69) is 10.6 Å². The van der Waals surface area contributed by atoms with E-state index in [0.717, 1.165) is 6.07 Å². The van der Waals surface area contributed by atoms with Crippen LogP contribution in [0.1, 0.15) is 43.6 Å². The number of aliphatic hydroxyl groups is 1. The largest absolute Gasteiger partial charge is 0.493 e. The van der Waals surface area contributed by atoms with Crippen molar-refractivity contribution < 1.29 is 28.6 Å². The highest BCUT2D eigenvalue weighted by atomic mass is 19.1. The van der Waals surface area contributed by atoms with E-state index in [0.29, 0.717) is 23.7 Å². The summed E-state index contributed by atoms with van der Waals surface area (Å²) in [5, 5.41) is 13.9. The molecule has 0 aromatic heterocycles. The van der Waals surface area contributed by atoms with E-state index < -0.39 is 17.6 Å². The van der Waals surface area contributed by atoms with Crippen molar-refractivity contribution in [3.63, 3.8) is 0 Å². The van der Waals surface area contributed by atoms with E-state index in [4.69, 9.17) is 14.6 Å². The Bertz CT molecular complexity index is 971. The number of carbonyl (C=O) groups is 2. The number of rotatable bonds is 11. The standard InChI is InChI=1S/C25H31FN2O5/c1-16(2)15-32-20-9-10-21(22(26)14-20)24(30)28-23(25(31)27-11-12-29)13-18-5-7-19(8-6-18)33-17(3)4/h5-10,13-14,16-17,29H,11-12,15H2,1-4H3,(H,27,31)(H,28,30)/b23-13+. The predicted octanol–water partition coefficient (Wildman–Crippen LogP) is 3.53. The van der Waals surface area contributed by atoms with E-state index in [1.807, 2.05) is 27.7 Å². The van der Waals surface area contributed by atoms with Crippen LogP contribution < -0.4 is 20.1 Å². The van der Waals surface area contributed by atoms with Crippen molar-refractivity contribution in [3.8, 4) is 11.5 Å². The van der Waals surface area contributed by atoms with Gasteiger partial charge in [-0.2, -0.15) is 0 Å². The molecule has 2 aromatic rings. The van der Waals surface area contributed by atoms with Gasteiger partial charge in [-0.05, 0) is 55.7 Å². The second-order valence-electron chi connectivity index (χ2n) is 8.07. The van der Waals surface area contributed by atoms with E-state index >= 15 is 0 Å². The lowest BCUT2D eigenvalue weighted by molar-refractivity contribution is -0.117. The first-order valence-corrected chi connectivity index (χ1v) is 10.8. The van der Waals surface area contributed by atoms with Crippen LogP contribution in [-0.4, -0.2) is 42.8 Å². The molecular formula is C25H31FN2O5. The van der Waals surface area contributed by atoms with Crippen molar-refractivity contribution >= 4 is 17.9 Å². The highest BCUT2D eigenvalue weighted by Crippen LogP contribution is 2.19. The molecular weight excluding hydrogens is 427 g/mol. The maximum absolute atomic E-state index is 14.5. The van der Waals surface area contributed by atoms with Gasteiger partial charge in [0.2, 0.25) is 0 Å². The van der Waals surface area contributed by atoms with Crippen molar-refractivity contribution in [2.45, 2.75) is 33.8 Å². The Morgan fingerprint density at radius 3 is 2.30 bits per heavy atom. The van der Waals surface area contributed by atoms with Gasteiger partial charge in [0.1, 0.15) is 23.0 Å². The summed E-state index contributed by atoms with van der Waals surface area (Å²) in [6.45, 7) is 7.93. The lowest BCUT2D eigenvalue weighted by Gasteiger charge is -2.13. The monoisotopic (exact) mass is 458 g/mol. The highest BCUT2D eigenvalue weighted by molar-refractivity contribution is 6.05. The predicted molar refractivity (Wildman–Crippen MR) is 124 cm³/mol. The Balaban J connectivity index is 2.23. The highest BCUT2D eigenvalue weighted by Gasteiger charge is 2.18. The number of hydrogen-bond acceptors (Lipinski definition) is 5. The molecule has 0 aliphatic carbocycles. The van der Waals surface area contributed by atoms with Crippen molar-refractivity contribution in [1.82, 2.24) is 10.6 Å². The number of amides is 2. The summed E-state index contributed by atoms with van der Waals surface area (Å²) < 4.78 is 25.6. The molecule has 8 heteroatoms. The first-order valence-electron chi connectivity index (χ1n) is 10.8. The van der Waals surface area contributed by atoms with Crippen molar-refractivity contribution in [3.05, 3.63) is 65.1 Å². The Kier molecular flexibility index (Phi) is 9.87. The van der Waals surface area contributed by atoms with Crippen LogP contribution in [0, 0.1) is 11.7 Å². The molecule has 0 saturated heterocycles. The van der Waals surface area contributed by atoms with Gasteiger partial charge >= 0.3 is 0 Å². The molecule has 0 radical (unpaired) electrons. The summed E-state index contributed by atoms with van der Waals surface area (Å²) in [5.41, 5.74) is 0.303. The van der Waals surface area contributed by atoms with Crippen LogP contribution in [0.2, 0.25) is 0 Å². The maximum atomic E-state index is 14.5. The van der Waals surface area contributed by atoms with Gasteiger partial charge in [0.25, 0.3) is 11.8 Å². The normalized spacial score (nSPS) is 11.5. The minimum absolute atomic E-state index is 0.00343. The SMILES string of the molecule is CC(C)COc1ccc(C(=O)N/C(=C/c2ccc(OC(C)C)cc2)C(=O)NCCO)c(F)c1. The molecule has 0 bridgehead atoms. The minimum atomic E-state index is -0.784. The summed E-state index contributed by atoms with van der Waals surface area (Å²) in [6, 6.07) is 10.9. The zero-order valence-electron chi connectivity index (χ0n) is 19.4. The first-order chi connectivity index (χ1) is 15.7. The Morgan fingerprint density at radius 2 is 1.73 bits per heavy atom. The van der Waals surface area contributed by atoms with Crippen molar-refractivity contribution in [2.24, 2.45) is 5.92 Å². The molecule has 7 nitrogen and oxygen atoms in total. The summed E-state index contributed by atoms with van der Waals surface area (Å²) >= 11 is 0. The number of carbonyl (C=O) groups excluding carboxylic acids is 2. The quantitative estimate of drug-likeness (QED) is 0.448. The topological polar surface area (TPSA) is 96.9 Å². The fraction of sp³-hybridized carbons (Fsp3) is 0.360. The van der Waals surface area contributed by atoms with Gasteiger partial charge in [-0.3, -0.25) is 9.59 Å². The van der Waals surface area contributed by atoms with Crippen LogP contribution in [0.25, 0.3) is 6.08 Å². The molecule has 0 aliphatic rings. The average molecular weight is 459 g/mol. The number of halogens is 1. The molecule has 0 saturated carbocycles. The van der Waals surface area contributed by atoms with E-state index in [9.17, 15) is 14.0 Å². The molecule has 0 spiro atoms. The summed E-state index contributed by atoms with van der Waals surface area (Å²) in [5.74, 6) is -0.909. The molecule has 0 heterocycles. The van der Waals surface area contributed by atoms with Crippen LogP contribution in [-0.2, 0) is 4.79 Å². The minimum Gasteiger partial charge on any atom is -0.493 e. The Labute approximate surface area is 193 Å². The number of aliphatic hydroxyl groups excluding tert-OH is 1. The average Bonchev–Trinajstić information content (AvgIpc) is 2.76. The van der Waals surface area contributed by atoms with Gasteiger partial charge in [-0.25, -0.2) is 4.39 Å². The van der Waals surface area contributed by atoms with Gasteiger partial charge in [0.05, 0.1) is 24.9 Å². The molecule has 2 aromatic carbocycles. The second-order valence-corrected chi connectivity index (χ2v) is 8.07. The molecule has 0 aliphatic heterocycles. The van der Waals surface area contributed by atoms with Gasteiger partial charge in [-0.1, -0.05) is 26.0 Å². The van der Waals surface area contributed by atoms with E-state index in [1.54, 1.807) is 24.3 Å². The van der Waals surface area contributed by atoms with Crippen LogP contribution in [0.5, 0.6) is 11.5 Å². The van der Waals surface area contributed by atoms with Gasteiger partial charge < -0.3 is 25.2 Å².